The predicted octanol–water partition coefficient (Wildman–Crippen LogP) is 23.2. The van der Waals surface area contributed by atoms with E-state index in [4.69, 9.17) is 97.7 Å². The second-order valence-electron chi connectivity index (χ2n) is 19.3. The van der Waals surface area contributed by atoms with E-state index in [0.29, 0.717) is 0 Å². The van der Waals surface area contributed by atoms with E-state index in [1.54, 1.807) is 0 Å². The Labute approximate surface area is 548 Å². The van der Waals surface area contributed by atoms with E-state index in [1.165, 1.54) is 43.1 Å². The summed E-state index contributed by atoms with van der Waals surface area (Å²) in [6.07, 6.45) is 0. The van der Waals surface area contributed by atoms with Gasteiger partial charge in [0.1, 0.15) is 37.1 Å². The van der Waals surface area contributed by atoms with Crippen LogP contribution >= 0.6 is 97.7 Å². The molecule has 0 unspecified atom stereocenters. The summed E-state index contributed by atoms with van der Waals surface area (Å²) in [7, 11) is 0. The van der Waals surface area contributed by atoms with Crippen molar-refractivity contribution in [2.45, 2.75) is 0 Å². The summed E-state index contributed by atoms with van der Waals surface area (Å²) < 4.78 is 6.25. The Bertz CT molecular complexity index is 4470. The lowest BCUT2D eigenvalue weighted by Crippen LogP contribution is -1.76. The number of H-pyrrole nitrogens is 8. The SMILES string of the molecule is S=c1ccc2ccccc2[nH]1.S=c1ccc2ccccc2[nH]1.S=c1ccc2ccccc2[nH]1.S=c1ccc2ccccc2[nH]1.S=c1ccc2ccccc2[nH]1.S=c1ccc2ccccc2[nH]1.S=c1ccc2ccccc2[nH]1.S=c1ccc2ccccc2[nH]1. The van der Waals surface area contributed by atoms with Gasteiger partial charge in [-0.1, -0.05) is 243 Å². The summed E-state index contributed by atoms with van der Waals surface area (Å²) in [4.78, 5) is 24.8. The lowest BCUT2D eigenvalue weighted by molar-refractivity contribution is 1.38. The van der Waals surface area contributed by atoms with Crippen LogP contribution in [0.4, 0.5) is 0 Å². The van der Waals surface area contributed by atoms with Crippen molar-refractivity contribution in [1.29, 1.82) is 0 Å². The molecule has 16 heteroatoms. The van der Waals surface area contributed by atoms with Crippen molar-refractivity contribution in [2.75, 3.05) is 0 Å². The molecular formula is C72H56N8S8. The molecule has 8 nitrogen and oxygen atoms in total. The van der Waals surface area contributed by atoms with Gasteiger partial charge >= 0.3 is 0 Å². The molecule has 8 aromatic carbocycles. The third-order valence-corrected chi connectivity index (χ3v) is 15.0. The number of para-hydroxylation sites is 8. The predicted molar refractivity (Wildman–Crippen MR) is 393 cm³/mol. The molecule has 0 saturated heterocycles. The Morgan fingerprint density at radius 1 is 0.125 bits per heavy atom. The zero-order valence-electron chi connectivity index (χ0n) is 47.0. The normalized spacial score (nSPS) is 10.2. The number of pyridine rings is 8. The topological polar surface area (TPSA) is 126 Å². The van der Waals surface area contributed by atoms with E-state index in [9.17, 15) is 0 Å². The highest BCUT2D eigenvalue weighted by Gasteiger charge is 1.94. The Morgan fingerprint density at radius 3 is 0.341 bits per heavy atom. The Kier molecular flexibility index (Phi) is 23.4. The molecule has 0 aliphatic carbocycles. The molecule has 0 aliphatic rings. The first-order chi connectivity index (χ1) is 42.9. The Hall–Kier alpha value is -9.20. The minimum Gasteiger partial charge on any atom is -0.346 e. The van der Waals surface area contributed by atoms with Crippen LogP contribution in [0.5, 0.6) is 0 Å². The van der Waals surface area contributed by atoms with Crippen molar-refractivity contribution in [3.8, 4) is 0 Å². The van der Waals surface area contributed by atoms with Crippen LogP contribution in [0, 0.1) is 37.1 Å². The third kappa shape index (κ3) is 19.4. The summed E-state index contributed by atoms with van der Waals surface area (Å²) in [5.41, 5.74) is 8.78. The van der Waals surface area contributed by atoms with E-state index in [0.717, 1.165) is 81.3 Å². The number of rotatable bonds is 0. The van der Waals surface area contributed by atoms with Gasteiger partial charge < -0.3 is 39.9 Å². The number of hydrogen-bond donors (Lipinski definition) is 8. The summed E-state index contributed by atoms with van der Waals surface area (Å²) in [6, 6.07) is 96.0. The first-order valence-corrected chi connectivity index (χ1v) is 30.8. The van der Waals surface area contributed by atoms with Crippen molar-refractivity contribution in [2.24, 2.45) is 0 Å². The molecule has 0 radical (unpaired) electrons. The molecular weight excluding hydrogens is 1230 g/mol. The monoisotopic (exact) mass is 1290 g/mol. The molecule has 0 spiro atoms. The van der Waals surface area contributed by atoms with Crippen molar-refractivity contribution >= 4 is 185 Å². The van der Waals surface area contributed by atoms with Crippen LogP contribution in [0.3, 0.4) is 0 Å². The summed E-state index contributed by atoms with van der Waals surface area (Å²) >= 11 is 39.9. The van der Waals surface area contributed by atoms with Crippen LogP contribution in [0.2, 0.25) is 0 Å². The average Bonchev–Trinajstić information content (AvgIpc) is 3.59. The highest BCUT2D eigenvalue weighted by molar-refractivity contribution is 7.72. The highest BCUT2D eigenvalue weighted by Crippen LogP contribution is 2.15. The lowest BCUT2D eigenvalue weighted by atomic mass is 10.2. The minimum absolute atomic E-state index is 0.781. The number of aromatic amines is 8. The van der Waals surface area contributed by atoms with Crippen LogP contribution in [-0.4, -0.2) is 39.9 Å². The molecule has 0 amide bonds. The van der Waals surface area contributed by atoms with Gasteiger partial charge in [-0.05, 0) is 189 Å². The fourth-order valence-corrected chi connectivity index (χ4v) is 10.2. The van der Waals surface area contributed by atoms with Crippen molar-refractivity contribution in [3.05, 3.63) is 328 Å². The fraction of sp³-hybridized carbons (Fsp3) is 0. The zero-order valence-corrected chi connectivity index (χ0v) is 53.5. The van der Waals surface area contributed by atoms with Crippen molar-refractivity contribution in [3.63, 3.8) is 0 Å². The van der Waals surface area contributed by atoms with Gasteiger partial charge in [0, 0.05) is 44.1 Å². The number of fused-ring (bicyclic) bond motifs is 8. The maximum absolute atomic E-state index is 4.98. The third-order valence-electron chi connectivity index (χ3n) is 13.1. The Balaban J connectivity index is 0.000000120. The second-order valence-corrected chi connectivity index (χ2v) is 22.8. The van der Waals surface area contributed by atoms with Gasteiger partial charge in [0.2, 0.25) is 0 Å². The molecule has 0 fully saturated rings. The lowest BCUT2D eigenvalue weighted by Gasteiger charge is -1.94. The minimum atomic E-state index is 0.781. The molecule has 16 rings (SSSR count). The quantitative estimate of drug-likeness (QED) is 0.0706. The van der Waals surface area contributed by atoms with Crippen LogP contribution in [0.1, 0.15) is 0 Å². The van der Waals surface area contributed by atoms with Gasteiger partial charge in [-0.2, -0.15) is 0 Å². The standard InChI is InChI=1S/8C9H7NS/c8*11-9-6-5-7-3-1-2-4-8(7)10-9/h8*1-6H,(H,10,11). The van der Waals surface area contributed by atoms with Crippen LogP contribution < -0.4 is 0 Å². The first kappa shape index (κ1) is 63.3. The zero-order chi connectivity index (χ0) is 61.5. The molecule has 0 aliphatic heterocycles. The number of benzene rings is 8. The highest BCUT2D eigenvalue weighted by atomic mass is 32.1. The fourth-order valence-electron chi connectivity index (χ4n) is 8.77. The van der Waals surface area contributed by atoms with Gasteiger partial charge in [0.25, 0.3) is 0 Å². The summed E-state index contributed by atoms with van der Waals surface area (Å²) in [5.74, 6) is 0. The van der Waals surface area contributed by atoms with E-state index in [-0.39, 0.29) is 0 Å². The van der Waals surface area contributed by atoms with Crippen LogP contribution in [0.15, 0.2) is 291 Å². The van der Waals surface area contributed by atoms with Crippen LogP contribution in [-0.2, 0) is 0 Å². The van der Waals surface area contributed by atoms with Crippen molar-refractivity contribution in [1.82, 2.24) is 39.9 Å². The van der Waals surface area contributed by atoms with Gasteiger partial charge in [-0.25, -0.2) is 0 Å². The maximum atomic E-state index is 4.98. The average molecular weight is 1290 g/mol. The molecule has 8 N–H and O–H groups in total. The molecule has 0 atom stereocenters. The molecule has 16 aromatic rings. The van der Waals surface area contributed by atoms with Gasteiger partial charge in [0.05, 0.1) is 0 Å². The van der Waals surface area contributed by atoms with Gasteiger partial charge in [-0.3, -0.25) is 0 Å². The second kappa shape index (κ2) is 32.5. The number of nitrogens with one attached hydrogen (secondary N) is 8. The maximum Gasteiger partial charge on any atom is 0.103 e. The smallest absolute Gasteiger partial charge is 0.103 e. The largest absolute Gasteiger partial charge is 0.346 e. The molecule has 8 aromatic heterocycles. The summed E-state index contributed by atoms with van der Waals surface area (Å²) in [6.45, 7) is 0. The van der Waals surface area contributed by atoms with E-state index >= 15 is 0 Å². The molecule has 0 saturated carbocycles. The molecule has 88 heavy (non-hydrogen) atoms. The number of hydrogen-bond acceptors (Lipinski definition) is 8. The molecule has 0 bridgehead atoms. The molecule has 432 valence electrons. The first-order valence-electron chi connectivity index (χ1n) is 27.5. The van der Waals surface area contributed by atoms with E-state index < -0.39 is 0 Å². The van der Waals surface area contributed by atoms with Gasteiger partial charge in [0.15, 0.2) is 0 Å². The number of aromatic nitrogens is 8. The van der Waals surface area contributed by atoms with Crippen LogP contribution in [0.25, 0.3) is 87.2 Å². The Morgan fingerprint density at radius 2 is 0.227 bits per heavy atom. The van der Waals surface area contributed by atoms with Gasteiger partial charge in [-0.15, -0.1) is 0 Å². The summed E-state index contributed by atoms with van der Waals surface area (Å²) in [5, 5.41) is 9.56. The van der Waals surface area contributed by atoms with E-state index in [1.807, 2.05) is 243 Å². The molecule has 8 heterocycles. The van der Waals surface area contributed by atoms with Crippen molar-refractivity contribution < 1.29 is 0 Å². The van der Waals surface area contributed by atoms with E-state index in [2.05, 4.69) is 88.4 Å².